The third-order valence-electron chi connectivity index (χ3n) is 6.43. The molecule has 1 aromatic heterocycles. The fourth-order valence-corrected chi connectivity index (χ4v) is 8.17. The summed E-state index contributed by atoms with van der Waals surface area (Å²) < 4.78 is 39.5. The first kappa shape index (κ1) is 29.7. The number of halogens is 1. The minimum atomic E-state index is -3.61. The Morgan fingerprint density at radius 2 is 1.90 bits per heavy atom. The van der Waals surface area contributed by atoms with Crippen molar-refractivity contribution in [2.24, 2.45) is 0 Å². The standard InChI is InChI=1S/C27H29ClN2O8S2/c1-27(2)13-20(9-10-30(27)40(35,36)15-16-5-3-7-18(29)11-16)38-19-8-4-6-17(12-19)24-22(28)23(37-14-21(31)32)25(39-24)26(33)34/h3-8,11-12,20H,9-10,13-15,29H2,1-2H3,(H,31,32)(H,33,34). The maximum absolute atomic E-state index is 13.3. The number of ether oxygens (including phenoxy) is 2. The highest BCUT2D eigenvalue weighted by Gasteiger charge is 2.42. The predicted molar refractivity (Wildman–Crippen MR) is 153 cm³/mol. The van der Waals surface area contributed by atoms with E-state index in [1.807, 2.05) is 13.8 Å². The van der Waals surface area contributed by atoms with Gasteiger partial charge >= 0.3 is 11.9 Å². The molecule has 214 valence electrons. The van der Waals surface area contributed by atoms with Crippen molar-refractivity contribution in [1.29, 1.82) is 0 Å². The Labute approximate surface area is 240 Å². The summed E-state index contributed by atoms with van der Waals surface area (Å²) in [5.41, 5.74) is 6.82. The number of sulfonamides is 1. The van der Waals surface area contributed by atoms with Gasteiger partial charge in [-0.1, -0.05) is 35.9 Å². The molecule has 1 aliphatic rings. The lowest BCUT2D eigenvalue weighted by molar-refractivity contribution is -0.139. The molecule has 1 saturated heterocycles. The number of aromatic carboxylic acids is 1. The van der Waals surface area contributed by atoms with Crippen molar-refractivity contribution < 1.29 is 37.7 Å². The number of nitrogens with two attached hydrogens (primary N) is 1. The quantitative estimate of drug-likeness (QED) is 0.270. The first-order chi connectivity index (χ1) is 18.8. The highest BCUT2D eigenvalue weighted by molar-refractivity contribution is 7.88. The molecule has 0 amide bonds. The molecule has 0 spiro atoms. The van der Waals surface area contributed by atoms with Gasteiger partial charge in [0, 0.05) is 24.2 Å². The van der Waals surface area contributed by atoms with E-state index in [0.29, 0.717) is 40.3 Å². The SMILES string of the molecule is CC1(C)CC(Oc2cccc(-c3sc(C(=O)O)c(OCC(=O)O)c3Cl)c2)CCN1S(=O)(=O)Cc1cccc(N)c1. The van der Waals surface area contributed by atoms with Crippen LogP contribution in [-0.4, -0.2) is 59.7 Å². The van der Waals surface area contributed by atoms with E-state index in [-0.39, 0.29) is 34.1 Å². The Morgan fingerprint density at radius 1 is 1.18 bits per heavy atom. The van der Waals surface area contributed by atoms with Crippen LogP contribution in [0.4, 0.5) is 5.69 Å². The number of carboxylic acids is 2. The molecule has 2 heterocycles. The zero-order valence-electron chi connectivity index (χ0n) is 21.8. The molecule has 3 aromatic rings. The number of aliphatic carboxylic acids is 1. The molecule has 4 N–H and O–H groups in total. The van der Waals surface area contributed by atoms with Gasteiger partial charge in [-0.05, 0) is 55.7 Å². The van der Waals surface area contributed by atoms with Crippen LogP contribution in [0, 0.1) is 0 Å². The lowest BCUT2D eigenvalue weighted by Crippen LogP contribution is -2.55. The number of hydrogen-bond acceptors (Lipinski definition) is 8. The van der Waals surface area contributed by atoms with E-state index in [1.165, 1.54) is 4.31 Å². The average Bonchev–Trinajstić information content (AvgIpc) is 3.18. The summed E-state index contributed by atoms with van der Waals surface area (Å²) in [7, 11) is -3.61. The largest absolute Gasteiger partial charge is 0.490 e. The summed E-state index contributed by atoms with van der Waals surface area (Å²) in [6.07, 6.45) is 0.649. The number of carbonyl (C=O) groups is 2. The van der Waals surface area contributed by atoms with Crippen LogP contribution in [0.3, 0.4) is 0 Å². The molecule has 0 aliphatic carbocycles. The van der Waals surface area contributed by atoms with Crippen molar-refractivity contribution in [2.75, 3.05) is 18.9 Å². The maximum atomic E-state index is 13.3. The van der Waals surface area contributed by atoms with E-state index in [2.05, 4.69) is 0 Å². The zero-order chi connectivity index (χ0) is 29.2. The maximum Gasteiger partial charge on any atom is 0.349 e. The van der Waals surface area contributed by atoms with Crippen LogP contribution in [-0.2, 0) is 20.6 Å². The summed E-state index contributed by atoms with van der Waals surface area (Å²) in [6, 6.07) is 13.8. The molecule has 40 heavy (non-hydrogen) atoms. The lowest BCUT2D eigenvalue weighted by atomic mass is 9.91. The van der Waals surface area contributed by atoms with Crippen LogP contribution < -0.4 is 15.2 Å². The average molecular weight is 609 g/mol. The first-order valence-corrected chi connectivity index (χ1v) is 15.1. The number of carboxylic acid groups (broad SMARTS) is 2. The van der Waals surface area contributed by atoms with E-state index in [4.69, 9.17) is 31.9 Å². The van der Waals surface area contributed by atoms with E-state index in [9.17, 15) is 23.1 Å². The summed E-state index contributed by atoms with van der Waals surface area (Å²) in [4.78, 5) is 22.8. The van der Waals surface area contributed by atoms with Crippen LogP contribution >= 0.6 is 22.9 Å². The van der Waals surface area contributed by atoms with Crippen molar-refractivity contribution in [3.05, 3.63) is 64.0 Å². The van der Waals surface area contributed by atoms with Gasteiger partial charge in [0.25, 0.3) is 0 Å². The number of nitrogen functional groups attached to an aromatic ring is 1. The second kappa shape index (κ2) is 11.7. The van der Waals surface area contributed by atoms with Crippen LogP contribution in [0.1, 0.15) is 41.9 Å². The molecule has 1 fully saturated rings. The van der Waals surface area contributed by atoms with Gasteiger partial charge < -0.3 is 25.4 Å². The third-order valence-corrected chi connectivity index (χ3v) is 10.2. The van der Waals surface area contributed by atoms with Gasteiger partial charge in [-0.25, -0.2) is 18.0 Å². The molecule has 2 aromatic carbocycles. The molecular formula is C27H29ClN2O8S2. The highest BCUT2D eigenvalue weighted by atomic mass is 35.5. The van der Waals surface area contributed by atoms with Crippen LogP contribution in [0.5, 0.6) is 11.5 Å². The number of thiophene rings is 1. The van der Waals surface area contributed by atoms with Crippen LogP contribution in [0.2, 0.25) is 5.02 Å². The van der Waals surface area contributed by atoms with Gasteiger partial charge in [-0.15, -0.1) is 11.3 Å². The monoisotopic (exact) mass is 608 g/mol. The number of anilines is 1. The normalized spacial score (nSPS) is 17.3. The Hall–Kier alpha value is -3.32. The van der Waals surface area contributed by atoms with Gasteiger partial charge in [0.1, 0.15) is 16.9 Å². The van der Waals surface area contributed by atoms with Gasteiger partial charge in [0.15, 0.2) is 17.2 Å². The van der Waals surface area contributed by atoms with E-state index < -0.39 is 34.1 Å². The number of hydrogen-bond donors (Lipinski definition) is 3. The molecule has 0 bridgehead atoms. The summed E-state index contributed by atoms with van der Waals surface area (Å²) >= 11 is 7.29. The van der Waals surface area contributed by atoms with Crippen molar-refractivity contribution in [1.82, 2.24) is 4.31 Å². The molecular weight excluding hydrogens is 580 g/mol. The van der Waals surface area contributed by atoms with E-state index in [1.54, 1.807) is 48.5 Å². The first-order valence-electron chi connectivity index (χ1n) is 12.3. The van der Waals surface area contributed by atoms with Gasteiger partial charge in [0.2, 0.25) is 10.0 Å². The number of piperidine rings is 1. The fraction of sp³-hybridized carbons (Fsp3) is 0.333. The third kappa shape index (κ3) is 6.69. The zero-order valence-corrected chi connectivity index (χ0v) is 24.2. The van der Waals surface area contributed by atoms with Gasteiger partial charge in [-0.2, -0.15) is 4.31 Å². The van der Waals surface area contributed by atoms with E-state index in [0.717, 1.165) is 11.3 Å². The van der Waals surface area contributed by atoms with Crippen LogP contribution in [0.15, 0.2) is 48.5 Å². The predicted octanol–water partition coefficient (Wildman–Crippen LogP) is 4.96. The van der Waals surface area contributed by atoms with Gasteiger partial charge in [0.05, 0.1) is 10.6 Å². The summed E-state index contributed by atoms with van der Waals surface area (Å²) in [5.74, 6) is -2.39. The topological polar surface area (TPSA) is 156 Å². The fourth-order valence-electron chi connectivity index (χ4n) is 4.80. The number of nitrogens with zero attached hydrogens (tertiary/aromatic N) is 1. The molecule has 1 unspecified atom stereocenters. The Balaban J connectivity index is 1.50. The highest BCUT2D eigenvalue weighted by Crippen LogP contribution is 2.46. The molecule has 0 radical (unpaired) electrons. The van der Waals surface area contributed by atoms with Crippen molar-refractivity contribution >= 4 is 50.6 Å². The number of benzene rings is 2. The van der Waals surface area contributed by atoms with Crippen molar-refractivity contribution in [2.45, 2.75) is 44.1 Å². The lowest BCUT2D eigenvalue weighted by Gasteiger charge is -2.44. The molecule has 13 heteroatoms. The minimum absolute atomic E-state index is 0.000575. The second-order valence-corrected chi connectivity index (χ2v) is 13.3. The molecule has 1 aliphatic heterocycles. The molecule has 0 saturated carbocycles. The van der Waals surface area contributed by atoms with Crippen molar-refractivity contribution in [3.63, 3.8) is 0 Å². The van der Waals surface area contributed by atoms with Crippen LogP contribution in [0.25, 0.3) is 10.4 Å². The van der Waals surface area contributed by atoms with Crippen molar-refractivity contribution in [3.8, 4) is 21.9 Å². The smallest absolute Gasteiger partial charge is 0.349 e. The molecule has 4 rings (SSSR count). The summed E-state index contributed by atoms with van der Waals surface area (Å²) in [6.45, 7) is 3.29. The number of rotatable bonds is 10. The summed E-state index contributed by atoms with van der Waals surface area (Å²) in [5, 5.41) is 18.5. The second-order valence-electron chi connectivity index (χ2n) is 10.0. The minimum Gasteiger partial charge on any atom is -0.490 e. The Bertz CT molecular complexity index is 1540. The van der Waals surface area contributed by atoms with Gasteiger partial charge in [-0.3, -0.25) is 0 Å². The van der Waals surface area contributed by atoms with E-state index >= 15 is 0 Å². The molecule has 10 nitrogen and oxygen atoms in total. The Morgan fingerprint density at radius 3 is 2.55 bits per heavy atom. The Kier molecular flexibility index (Phi) is 8.64. The molecule has 1 atom stereocenters.